The van der Waals surface area contributed by atoms with E-state index in [9.17, 15) is 19.7 Å². The Balaban J connectivity index is 1.85. The van der Waals surface area contributed by atoms with E-state index in [-0.39, 0.29) is 17.2 Å². The van der Waals surface area contributed by atoms with Gasteiger partial charge in [0.25, 0.3) is 5.69 Å². The van der Waals surface area contributed by atoms with Crippen LogP contribution in [-0.2, 0) is 9.53 Å². The maximum Gasteiger partial charge on any atom is 0.344 e. The van der Waals surface area contributed by atoms with Gasteiger partial charge in [-0.15, -0.1) is 0 Å². The molecule has 2 rings (SSSR count). The molecule has 0 aromatic heterocycles. The second-order valence-corrected chi connectivity index (χ2v) is 5.96. The quantitative estimate of drug-likeness (QED) is 0.301. The van der Waals surface area contributed by atoms with Crippen LogP contribution in [0.1, 0.15) is 17.3 Å². The van der Waals surface area contributed by atoms with Crippen molar-refractivity contribution >= 4 is 33.4 Å². The summed E-state index contributed by atoms with van der Waals surface area (Å²) in [5.41, 5.74) is 0.350. The fourth-order valence-electron chi connectivity index (χ4n) is 1.94. The number of esters is 1. The van der Waals surface area contributed by atoms with Crippen molar-refractivity contribution in [2.24, 2.45) is 0 Å². The van der Waals surface area contributed by atoms with E-state index < -0.39 is 23.6 Å². The number of benzene rings is 2. The van der Waals surface area contributed by atoms with Crippen molar-refractivity contribution < 1.29 is 24.0 Å². The number of ketones is 1. The highest BCUT2D eigenvalue weighted by Crippen LogP contribution is 2.17. The maximum absolute atomic E-state index is 12.2. The molecule has 8 heteroatoms. The van der Waals surface area contributed by atoms with Crippen LogP contribution in [0.4, 0.5) is 5.69 Å². The largest absolute Gasteiger partial charge is 0.482 e. The predicted molar refractivity (Wildman–Crippen MR) is 92.6 cm³/mol. The van der Waals surface area contributed by atoms with E-state index in [0.717, 1.165) is 4.47 Å². The number of nitrogens with zero attached hydrogens (tertiary/aromatic N) is 1. The zero-order valence-electron chi connectivity index (χ0n) is 13.2. The first-order valence-electron chi connectivity index (χ1n) is 7.23. The Bertz CT molecular complexity index is 773. The molecule has 1 atom stereocenters. The topological polar surface area (TPSA) is 95.7 Å². The van der Waals surface area contributed by atoms with Gasteiger partial charge in [0.05, 0.1) is 4.92 Å². The molecular weight excluding hydrogens is 394 g/mol. The molecule has 7 nitrogen and oxygen atoms in total. The van der Waals surface area contributed by atoms with Crippen molar-refractivity contribution in [2.45, 2.75) is 13.0 Å². The molecule has 0 amide bonds. The predicted octanol–water partition coefficient (Wildman–Crippen LogP) is 3.55. The van der Waals surface area contributed by atoms with Crippen LogP contribution in [0.15, 0.2) is 53.0 Å². The fraction of sp³-hybridized carbons (Fsp3) is 0.176. The molecular formula is C17H14BrNO6. The third kappa shape index (κ3) is 5.39. The standard InChI is InChI=1S/C17H14BrNO6/c1-11(17(21)12-2-4-13(18)5-3-12)25-16(20)10-24-15-8-6-14(7-9-15)19(22)23/h2-9,11H,10H2,1H3/t11-/m0/s1. The van der Waals surface area contributed by atoms with Gasteiger partial charge in [-0.3, -0.25) is 14.9 Å². The molecule has 2 aromatic rings. The van der Waals surface area contributed by atoms with Gasteiger partial charge in [-0.2, -0.15) is 0 Å². The van der Waals surface area contributed by atoms with Crippen molar-refractivity contribution in [1.29, 1.82) is 0 Å². The molecule has 0 aliphatic carbocycles. The third-order valence-corrected chi connectivity index (χ3v) is 3.74. The molecule has 2 aromatic carbocycles. The number of nitro groups is 1. The molecule has 25 heavy (non-hydrogen) atoms. The minimum Gasteiger partial charge on any atom is -0.482 e. The number of hydrogen-bond donors (Lipinski definition) is 0. The Morgan fingerprint density at radius 3 is 2.28 bits per heavy atom. The van der Waals surface area contributed by atoms with Crippen LogP contribution in [0.25, 0.3) is 0 Å². The smallest absolute Gasteiger partial charge is 0.344 e. The molecule has 0 aliphatic rings. The first kappa shape index (κ1) is 18.6. The van der Waals surface area contributed by atoms with E-state index in [1.807, 2.05) is 0 Å². The normalized spacial score (nSPS) is 11.4. The highest BCUT2D eigenvalue weighted by molar-refractivity contribution is 9.10. The average molecular weight is 408 g/mol. The van der Waals surface area contributed by atoms with Crippen LogP contribution >= 0.6 is 15.9 Å². The molecule has 0 spiro atoms. The van der Waals surface area contributed by atoms with E-state index in [0.29, 0.717) is 5.56 Å². The molecule has 130 valence electrons. The zero-order valence-corrected chi connectivity index (χ0v) is 14.8. The van der Waals surface area contributed by atoms with Gasteiger partial charge in [-0.25, -0.2) is 4.79 Å². The highest BCUT2D eigenvalue weighted by atomic mass is 79.9. The van der Waals surface area contributed by atoms with Gasteiger partial charge in [-0.1, -0.05) is 28.1 Å². The van der Waals surface area contributed by atoms with E-state index >= 15 is 0 Å². The van der Waals surface area contributed by atoms with Crippen LogP contribution in [-0.4, -0.2) is 29.4 Å². The Kier molecular flexibility index (Phi) is 6.24. The molecule has 0 unspecified atom stereocenters. The number of halogens is 1. The third-order valence-electron chi connectivity index (χ3n) is 3.21. The van der Waals surface area contributed by atoms with Gasteiger partial charge in [-0.05, 0) is 31.2 Å². The van der Waals surface area contributed by atoms with Gasteiger partial charge in [0.15, 0.2) is 12.7 Å². The van der Waals surface area contributed by atoms with Gasteiger partial charge >= 0.3 is 5.97 Å². The summed E-state index contributed by atoms with van der Waals surface area (Å²) >= 11 is 3.28. The number of ether oxygens (including phenoxy) is 2. The summed E-state index contributed by atoms with van der Waals surface area (Å²) in [6, 6.07) is 12.0. The summed E-state index contributed by atoms with van der Waals surface area (Å²) in [5.74, 6) is -0.748. The molecule has 0 radical (unpaired) electrons. The number of non-ortho nitro benzene ring substituents is 1. The molecule has 0 heterocycles. The van der Waals surface area contributed by atoms with Crippen molar-refractivity contribution in [3.05, 3.63) is 68.7 Å². The minimum atomic E-state index is -0.950. The molecule has 0 fully saturated rings. The van der Waals surface area contributed by atoms with Crippen molar-refractivity contribution in [3.8, 4) is 5.75 Å². The number of hydrogen-bond acceptors (Lipinski definition) is 6. The van der Waals surface area contributed by atoms with Crippen molar-refractivity contribution in [3.63, 3.8) is 0 Å². The lowest BCUT2D eigenvalue weighted by molar-refractivity contribution is -0.384. The van der Waals surface area contributed by atoms with Crippen LogP contribution in [0.2, 0.25) is 0 Å². The van der Waals surface area contributed by atoms with Gasteiger partial charge in [0.2, 0.25) is 5.78 Å². The second-order valence-electron chi connectivity index (χ2n) is 5.04. The molecule has 0 saturated heterocycles. The van der Waals surface area contributed by atoms with E-state index in [1.54, 1.807) is 24.3 Å². The van der Waals surface area contributed by atoms with Crippen LogP contribution in [0.3, 0.4) is 0 Å². The lowest BCUT2D eigenvalue weighted by Gasteiger charge is -2.13. The van der Waals surface area contributed by atoms with Gasteiger partial charge in [0.1, 0.15) is 5.75 Å². The number of rotatable bonds is 7. The molecule has 0 bridgehead atoms. The summed E-state index contributed by atoms with van der Waals surface area (Å²) in [7, 11) is 0. The zero-order chi connectivity index (χ0) is 18.4. The Hall–Kier alpha value is -2.74. The number of carbonyl (C=O) groups is 2. The van der Waals surface area contributed by atoms with E-state index in [1.165, 1.54) is 31.2 Å². The Labute approximate surface area is 151 Å². The van der Waals surface area contributed by atoms with E-state index in [2.05, 4.69) is 15.9 Å². The summed E-state index contributed by atoms with van der Waals surface area (Å²) in [4.78, 5) is 34.0. The number of Topliss-reactive ketones (excluding diaryl/α,β-unsaturated/α-hetero) is 1. The first-order chi connectivity index (χ1) is 11.9. The van der Waals surface area contributed by atoms with Gasteiger partial charge in [0, 0.05) is 22.2 Å². The van der Waals surface area contributed by atoms with Crippen molar-refractivity contribution in [1.82, 2.24) is 0 Å². The monoisotopic (exact) mass is 407 g/mol. The number of nitro benzene ring substituents is 1. The average Bonchev–Trinajstić information content (AvgIpc) is 2.60. The summed E-state index contributed by atoms with van der Waals surface area (Å²) in [5, 5.41) is 10.6. The highest BCUT2D eigenvalue weighted by Gasteiger charge is 2.19. The lowest BCUT2D eigenvalue weighted by atomic mass is 10.1. The van der Waals surface area contributed by atoms with Crippen molar-refractivity contribution in [2.75, 3.05) is 6.61 Å². The summed E-state index contributed by atoms with van der Waals surface area (Å²) < 4.78 is 11.1. The molecule has 0 saturated carbocycles. The summed E-state index contributed by atoms with van der Waals surface area (Å²) in [6.45, 7) is 1.07. The first-order valence-corrected chi connectivity index (χ1v) is 8.02. The van der Waals surface area contributed by atoms with Crippen LogP contribution < -0.4 is 4.74 Å². The fourth-order valence-corrected chi connectivity index (χ4v) is 2.20. The summed E-state index contributed by atoms with van der Waals surface area (Å²) in [6.07, 6.45) is -0.950. The van der Waals surface area contributed by atoms with Crippen LogP contribution in [0, 0.1) is 10.1 Å². The number of carbonyl (C=O) groups excluding carboxylic acids is 2. The van der Waals surface area contributed by atoms with Gasteiger partial charge < -0.3 is 9.47 Å². The molecule has 0 aliphatic heterocycles. The Morgan fingerprint density at radius 2 is 1.72 bits per heavy atom. The SMILES string of the molecule is C[C@H](OC(=O)COc1ccc([N+](=O)[O-])cc1)C(=O)c1ccc(Br)cc1. The minimum absolute atomic E-state index is 0.0800. The second kappa shape index (κ2) is 8.39. The Morgan fingerprint density at radius 1 is 1.12 bits per heavy atom. The lowest BCUT2D eigenvalue weighted by Crippen LogP contribution is -2.27. The van der Waals surface area contributed by atoms with Crippen LogP contribution in [0.5, 0.6) is 5.75 Å². The molecule has 0 N–H and O–H groups in total. The van der Waals surface area contributed by atoms with E-state index in [4.69, 9.17) is 9.47 Å². The maximum atomic E-state index is 12.2.